The van der Waals surface area contributed by atoms with Crippen LogP contribution in [0.1, 0.15) is 53.9 Å². The van der Waals surface area contributed by atoms with Gasteiger partial charge >= 0.3 is 11.8 Å². The second-order valence-corrected chi connectivity index (χ2v) is 7.07. The molecule has 4 nitrogen and oxygen atoms in total. The number of hydrogen-bond acceptors (Lipinski definition) is 2. The molecule has 1 rings (SSSR count). The highest BCUT2D eigenvalue weighted by molar-refractivity contribution is 6.35. The van der Waals surface area contributed by atoms with Crippen molar-refractivity contribution in [3.8, 4) is 0 Å². The fraction of sp³-hybridized carbons (Fsp3) is 0.857. The van der Waals surface area contributed by atoms with E-state index in [1.54, 1.807) is 4.90 Å². The Balaban J connectivity index is 2.55. The Labute approximate surface area is 110 Å². The molecule has 0 radical (unpaired) electrons. The Kier molecular flexibility index (Phi) is 4.41. The number of nitrogens with one attached hydrogen (secondary N) is 1. The summed E-state index contributed by atoms with van der Waals surface area (Å²) in [6.07, 6.45) is 2.84. The van der Waals surface area contributed by atoms with Gasteiger partial charge < -0.3 is 10.2 Å². The lowest BCUT2D eigenvalue weighted by Crippen LogP contribution is -2.51. The molecule has 1 aliphatic rings. The van der Waals surface area contributed by atoms with Crippen LogP contribution in [0.3, 0.4) is 0 Å². The van der Waals surface area contributed by atoms with Crippen molar-refractivity contribution in [3.63, 3.8) is 0 Å². The first-order valence-corrected chi connectivity index (χ1v) is 6.72. The van der Waals surface area contributed by atoms with Gasteiger partial charge in [0.1, 0.15) is 0 Å². The predicted octanol–water partition coefficient (Wildman–Crippen LogP) is 1.94. The summed E-state index contributed by atoms with van der Waals surface area (Å²) in [4.78, 5) is 25.5. The minimum atomic E-state index is -0.467. The Morgan fingerprint density at radius 1 is 1.06 bits per heavy atom. The summed E-state index contributed by atoms with van der Waals surface area (Å²) in [5.41, 5.74) is -0.238. The van der Waals surface area contributed by atoms with Crippen LogP contribution in [-0.2, 0) is 9.59 Å². The lowest BCUT2D eigenvalue weighted by atomic mass is 9.82. The zero-order valence-corrected chi connectivity index (χ0v) is 12.3. The van der Waals surface area contributed by atoms with Crippen molar-refractivity contribution in [1.82, 2.24) is 10.2 Å². The van der Waals surface area contributed by atoms with Gasteiger partial charge in [-0.2, -0.15) is 0 Å². The molecule has 0 spiro atoms. The molecule has 0 saturated carbocycles. The molecule has 0 aromatic heterocycles. The predicted molar refractivity (Wildman–Crippen MR) is 72.1 cm³/mol. The van der Waals surface area contributed by atoms with Crippen LogP contribution in [0.25, 0.3) is 0 Å². The van der Waals surface area contributed by atoms with Crippen molar-refractivity contribution >= 4 is 11.8 Å². The summed E-state index contributed by atoms with van der Waals surface area (Å²) in [5, 5.41) is 2.86. The standard InChI is InChI=1S/C14H26N2O2/c1-13(2,3)10-14(4,5)15-11(17)12(18)16-8-6-7-9-16/h6-10H2,1-5H3,(H,15,17). The molecule has 1 aliphatic heterocycles. The Morgan fingerprint density at radius 3 is 2.00 bits per heavy atom. The number of hydrogen-bond donors (Lipinski definition) is 1. The van der Waals surface area contributed by atoms with E-state index in [0.29, 0.717) is 13.1 Å². The monoisotopic (exact) mass is 254 g/mol. The average Bonchev–Trinajstić information content (AvgIpc) is 2.63. The van der Waals surface area contributed by atoms with Crippen molar-refractivity contribution in [3.05, 3.63) is 0 Å². The van der Waals surface area contributed by atoms with Gasteiger partial charge in [0.25, 0.3) is 0 Å². The van der Waals surface area contributed by atoms with E-state index < -0.39 is 5.91 Å². The fourth-order valence-electron chi connectivity index (χ4n) is 2.79. The molecular weight excluding hydrogens is 228 g/mol. The minimum absolute atomic E-state index is 0.119. The topological polar surface area (TPSA) is 49.4 Å². The van der Waals surface area contributed by atoms with Gasteiger partial charge in [-0.3, -0.25) is 9.59 Å². The van der Waals surface area contributed by atoms with Gasteiger partial charge in [-0.05, 0) is 38.5 Å². The van der Waals surface area contributed by atoms with Crippen LogP contribution in [0.15, 0.2) is 0 Å². The molecule has 1 N–H and O–H groups in total. The number of carbonyl (C=O) groups is 2. The lowest BCUT2D eigenvalue weighted by molar-refractivity contribution is -0.146. The van der Waals surface area contributed by atoms with Gasteiger partial charge in [0.15, 0.2) is 0 Å². The molecule has 1 fully saturated rings. The number of likely N-dealkylation sites (tertiary alicyclic amines) is 1. The zero-order valence-electron chi connectivity index (χ0n) is 12.3. The van der Waals surface area contributed by atoms with E-state index in [9.17, 15) is 9.59 Å². The Bertz CT molecular complexity index is 323. The van der Waals surface area contributed by atoms with E-state index in [1.165, 1.54) is 0 Å². The average molecular weight is 254 g/mol. The molecule has 0 aromatic rings. The summed E-state index contributed by atoms with van der Waals surface area (Å²) >= 11 is 0. The van der Waals surface area contributed by atoms with Gasteiger partial charge in [0.05, 0.1) is 0 Å². The molecular formula is C14H26N2O2. The van der Waals surface area contributed by atoms with Crippen LogP contribution in [0.2, 0.25) is 0 Å². The van der Waals surface area contributed by atoms with E-state index in [4.69, 9.17) is 0 Å². The summed E-state index contributed by atoms with van der Waals surface area (Å²) in [7, 11) is 0. The highest BCUT2D eigenvalue weighted by Gasteiger charge is 2.31. The van der Waals surface area contributed by atoms with E-state index in [2.05, 4.69) is 26.1 Å². The third kappa shape index (κ3) is 4.67. The van der Waals surface area contributed by atoms with E-state index in [0.717, 1.165) is 19.3 Å². The fourth-order valence-corrected chi connectivity index (χ4v) is 2.79. The molecule has 1 saturated heterocycles. The maximum absolute atomic E-state index is 11.9. The summed E-state index contributed by atoms with van der Waals surface area (Å²) in [5.74, 6) is -0.847. The molecule has 4 heteroatoms. The molecule has 0 aromatic carbocycles. The Morgan fingerprint density at radius 2 is 1.56 bits per heavy atom. The lowest BCUT2D eigenvalue weighted by Gasteiger charge is -2.33. The zero-order chi connectivity index (χ0) is 14.0. The first-order chi connectivity index (χ1) is 8.11. The third-order valence-corrected chi connectivity index (χ3v) is 3.01. The van der Waals surface area contributed by atoms with Gasteiger partial charge in [-0.25, -0.2) is 0 Å². The number of nitrogens with zero attached hydrogens (tertiary/aromatic N) is 1. The van der Waals surface area contributed by atoms with Gasteiger partial charge in [-0.1, -0.05) is 20.8 Å². The molecule has 18 heavy (non-hydrogen) atoms. The smallest absolute Gasteiger partial charge is 0.311 e. The molecule has 2 amide bonds. The van der Waals surface area contributed by atoms with Crippen molar-refractivity contribution in [2.24, 2.45) is 5.41 Å². The van der Waals surface area contributed by atoms with Gasteiger partial charge in [0.2, 0.25) is 0 Å². The Hall–Kier alpha value is -1.06. The summed E-state index contributed by atoms with van der Waals surface area (Å²) in [6, 6.07) is 0. The van der Waals surface area contributed by atoms with Crippen molar-refractivity contribution in [2.75, 3.05) is 13.1 Å². The number of rotatable bonds is 2. The molecule has 0 bridgehead atoms. The first-order valence-electron chi connectivity index (χ1n) is 6.72. The van der Waals surface area contributed by atoms with E-state index in [-0.39, 0.29) is 16.9 Å². The largest absolute Gasteiger partial charge is 0.343 e. The SMILES string of the molecule is CC(C)(C)CC(C)(C)NC(=O)C(=O)N1CCCC1. The van der Waals surface area contributed by atoms with Crippen LogP contribution in [0.4, 0.5) is 0 Å². The van der Waals surface area contributed by atoms with Crippen LogP contribution >= 0.6 is 0 Å². The maximum atomic E-state index is 11.9. The normalized spacial score (nSPS) is 16.8. The quantitative estimate of drug-likeness (QED) is 0.766. The molecule has 1 heterocycles. The van der Waals surface area contributed by atoms with Gasteiger partial charge in [-0.15, -0.1) is 0 Å². The maximum Gasteiger partial charge on any atom is 0.311 e. The van der Waals surface area contributed by atoms with Crippen molar-refractivity contribution in [2.45, 2.75) is 59.4 Å². The highest BCUT2D eigenvalue weighted by atomic mass is 16.2. The number of amides is 2. The van der Waals surface area contributed by atoms with E-state index in [1.807, 2.05) is 13.8 Å². The molecule has 0 atom stereocenters. The summed E-state index contributed by atoms with van der Waals surface area (Å²) < 4.78 is 0. The third-order valence-electron chi connectivity index (χ3n) is 3.01. The first kappa shape index (κ1) is 15.0. The summed E-state index contributed by atoms with van der Waals surface area (Å²) in [6.45, 7) is 11.7. The highest BCUT2D eigenvalue weighted by Crippen LogP contribution is 2.26. The van der Waals surface area contributed by atoms with Crippen LogP contribution < -0.4 is 5.32 Å². The van der Waals surface area contributed by atoms with Crippen LogP contribution in [0.5, 0.6) is 0 Å². The minimum Gasteiger partial charge on any atom is -0.343 e. The van der Waals surface area contributed by atoms with Crippen LogP contribution in [-0.4, -0.2) is 35.3 Å². The van der Waals surface area contributed by atoms with E-state index >= 15 is 0 Å². The van der Waals surface area contributed by atoms with Crippen molar-refractivity contribution < 1.29 is 9.59 Å². The second kappa shape index (κ2) is 5.29. The molecule has 0 aliphatic carbocycles. The molecule has 104 valence electrons. The van der Waals surface area contributed by atoms with Crippen molar-refractivity contribution in [1.29, 1.82) is 0 Å². The van der Waals surface area contributed by atoms with Crippen LogP contribution in [0, 0.1) is 5.41 Å². The molecule has 0 unspecified atom stereocenters. The van der Waals surface area contributed by atoms with Gasteiger partial charge in [0, 0.05) is 18.6 Å². The second-order valence-electron chi connectivity index (χ2n) is 7.07. The number of carbonyl (C=O) groups excluding carboxylic acids is 2.